The molecule has 190 valence electrons. The first-order chi connectivity index (χ1) is 17.6. The number of aromatic nitrogens is 1. The Labute approximate surface area is 214 Å². The van der Waals surface area contributed by atoms with Gasteiger partial charge in [-0.25, -0.2) is 0 Å². The highest BCUT2D eigenvalue weighted by atomic mass is 16.5. The number of pyridine rings is 1. The van der Waals surface area contributed by atoms with Gasteiger partial charge in [-0.2, -0.15) is 0 Å². The van der Waals surface area contributed by atoms with Gasteiger partial charge in [-0.3, -0.25) is 9.78 Å². The molecule has 4 rings (SSSR count). The number of nitrogens with zero attached hydrogens (tertiary/aromatic N) is 2. The molecular formula is C31H38N2O3. The van der Waals surface area contributed by atoms with Crippen LogP contribution in [-0.2, 0) is 17.6 Å². The van der Waals surface area contributed by atoms with Crippen LogP contribution in [0.3, 0.4) is 0 Å². The van der Waals surface area contributed by atoms with Crippen LogP contribution in [0.1, 0.15) is 50.2 Å². The molecule has 1 aliphatic heterocycles. The molecule has 1 saturated heterocycles. The molecule has 0 aliphatic carbocycles. The second-order valence-corrected chi connectivity index (χ2v) is 9.88. The number of hydrogen-bond donors (Lipinski definition) is 1. The lowest BCUT2D eigenvalue weighted by Crippen LogP contribution is -2.40. The highest BCUT2D eigenvalue weighted by Gasteiger charge is 2.30. The van der Waals surface area contributed by atoms with Crippen LogP contribution >= 0.6 is 0 Å². The third-order valence-corrected chi connectivity index (χ3v) is 7.65. The summed E-state index contributed by atoms with van der Waals surface area (Å²) in [5.41, 5.74) is 4.96. The molecule has 2 heterocycles. The number of hydrogen-bond acceptors (Lipinski definition) is 4. The summed E-state index contributed by atoms with van der Waals surface area (Å²) in [7, 11) is 1.69. The predicted molar refractivity (Wildman–Crippen MR) is 145 cm³/mol. The largest absolute Gasteiger partial charge is 0.497 e. The molecule has 0 radical (unpaired) electrons. The number of carboxylic acid groups (broad SMARTS) is 1. The number of fused-ring (bicyclic) bond motifs is 1. The van der Waals surface area contributed by atoms with Crippen LogP contribution in [0, 0.1) is 11.8 Å². The first-order valence-corrected chi connectivity index (χ1v) is 13.1. The van der Waals surface area contributed by atoms with Gasteiger partial charge in [0.25, 0.3) is 0 Å². The number of carboxylic acids is 1. The third-order valence-electron chi connectivity index (χ3n) is 7.65. The SMILES string of the molecule is CC=C(Cc1ccccc1)N1CCC(CCCc2ccnc3ccc(OC)cc23)C(CCC(=O)O)C1. The number of likely N-dealkylation sites (tertiary alicyclic amines) is 1. The van der Waals surface area contributed by atoms with E-state index in [0.717, 1.165) is 68.3 Å². The third kappa shape index (κ3) is 6.66. The second kappa shape index (κ2) is 12.6. The fourth-order valence-electron chi connectivity index (χ4n) is 5.64. The molecule has 0 spiro atoms. The standard InChI is InChI=1S/C31H38N2O3/c1-3-27(20-23-8-5-4-6-9-23)33-19-17-24(26(22-33)12-15-31(34)35)10-7-11-25-16-18-32-30-14-13-28(36-2)21-29(25)30/h3-6,8-9,13-14,16,18,21,24,26H,7,10-12,15,17,19-20,22H2,1-2H3,(H,34,35). The van der Waals surface area contributed by atoms with Crippen LogP contribution in [0.15, 0.2) is 72.6 Å². The van der Waals surface area contributed by atoms with Gasteiger partial charge < -0.3 is 14.7 Å². The zero-order valence-electron chi connectivity index (χ0n) is 21.5. The monoisotopic (exact) mass is 486 g/mol. The Morgan fingerprint density at radius 3 is 2.72 bits per heavy atom. The van der Waals surface area contributed by atoms with Crippen molar-refractivity contribution < 1.29 is 14.6 Å². The van der Waals surface area contributed by atoms with Crippen LogP contribution < -0.4 is 4.74 Å². The zero-order chi connectivity index (χ0) is 25.3. The molecule has 1 fully saturated rings. The average Bonchev–Trinajstić information content (AvgIpc) is 2.91. The number of benzene rings is 2. The van der Waals surface area contributed by atoms with Crippen molar-refractivity contribution in [2.45, 2.75) is 51.9 Å². The Morgan fingerprint density at radius 1 is 1.14 bits per heavy atom. The average molecular weight is 487 g/mol. The Hall–Kier alpha value is -3.34. The molecule has 1 aliphatic rings. The Balaban J connectivity index is 1.40. The van der Waals surface area contributed by atoms with Crippen molar-refractivity contribution >= 4 is 16.9 Å². The quantitative estimate of drug-likeness (QED) is 0.334. The number of aliphatic carboxylic acids is 1. The molecule has 2 aromatic carbocycles. The number of carbonyl (C=O) groups is 1. The van der Waals surface area contributed by atoms with Gasteiger partial charge in [0.05, 0.1) is 12.6 Å². The number of methoxy groups -OCH3 is 1. The van der Waals surface area contributed by atoms with Gasteiger partial charge in [-0.15, -0.1) is 0 Å². The normalized spacial score (nSPS) is 18.4. The van der Waals surface area contributed by atoms with Crippen LogP contribution in [-0.4, -0.2) is 41.2 Å². The van der Waals surface area contributed by atoms with E-state index in [0.29, 0.717) is 11.8 Å². The van der Waals surface area contributed by atoms with Crippen molar-refractivity contribution in [3.63, 3.8) is 0 Å². The first-order valence-electron chi connectivity index (χ1n) is 13.1. The van der Waals surface area contributed by atoms with E-state index in [-0.39, 0.29) is 6.42 Å². The summed E-state index contributed by atoms with van der Waals surface area (Å²) in [6.07, 6.45) is 10.3. The smallest absolute Gasteiger partial charge is 0.303 e. The molecule has 1 aromatic heterocycles. The van der Waals surface area contributed by atoms with Crippen LogP contribution in [0.5, 0.6) is 5.75 Å². The van der Waals surface area contributed by atoms with Gasteiger partial charge in [0.15, 0.2) is 0 Å². The minimum atomic E-state index is -0.696. The summed E-state index contributed by atoms with van der Waals surface area (Å²) in [6.45, 7) is 4.10. The Morgan fingerprint density at radius 2 is 1.97 bits per heavy atom. The van der Waals surface area contributed by atoms with Crippen molar-refractivity contribution in [3.8, 4) is 5.75 Å². The fourth-order valence-corrected chi connectivity index (χ4v) is 5.64. The Bertz CT molecular complexity index is 1170. The topological polar surface area (TPSA) is 62.7 Å². The van der Waals surface area contributed by atoms with E-state index in [1.807, 2.05) is 18.3 Å². The molecule has 5 heteroatoms. The molecule has 3 aromatic rings. The lowest BCUT2D eigenvalue weighted by atomic mass is 9.79. The summed E-state index contributed by atoms with van der Waals surface area (Å²) in [5.74, 6) is 1.11. The van der Waals surface area contributed by atoms with Crippen LogP contribution in [0.4, 0.5) is 0 Å². The van der Waals surface area contributed by atoms with Gasteiger partial charge in [0.1, 0.15) is 5.75 Å². The maximum Gasteiger partial charge on any atom is 0.303 e. The fraction of sp³-hybridized carbons (Fsp3) is 0.419. The van der Waals surface area contributed by atoms with E-state index in [9.17, 15) is 9.90 Å². The van der Waals surface area contributed by atoms with E-state index in [4.69, 9.17) is 4.74 Å². The molecule has 0 amide bonds. The lowest BCUT2D eigenvalue weighted by Gasteiger charge is -2.41. The molecule has 0 saturated carbocycles. The second-order valence-electron chi connectivity index (χ2n) is 9.88. The molecule has 1 N–H and O–H groups in total. The predicted octanol–water partition coefficient (Wildman–Crippen LogP) is 6.52. The van der Waals surface area contributed by atoms with E-state index >= 15 is 0 Å². The van der Waals surface area contributed by atoms with E-state index in [1.54, 1.807) is 7.11 Å². The van der Waals surface area contributed by atoms with Crippen molar-refractivity contribution in [2.24, 2.45) is 11.8 Å². The highest BCUT2D eigenvalue weighted by molar-refractivity contribution is 5.83. The first kappa shape index (κ1) is 25.7. The number of allylic oxidation sites excluding steroid dienone is 2. The highest BCUT2D eigenvalue weighted by Crippen LogP contribution is 2.34. The summed E-state index contributed by atoms with van der Waals surface area (Å²) in [4.78, 5) is 18.4. The molecule has 5 nitrogen and oxygen atoms in total. The van der Waals surface area contributed by atoms with E-state index < -0.39 is 5.97 Å². The van der Waals surface area contributed by atoms with Gasteiger partial charge >= 0.3 is 5.97 Å². The van der Waals surface area contributed by atoms with Crippen molar-refractivity contribution in [3.05, 3.63) is 83.7 Å². The minimum Gasteiger partial charge on any atom is -0.497 e. The van der Waals surface area contributed by atoms with Crippen LogP contribution in [0.2, 0.25) is 0 Å². The van der Waals surface area contributed by atoms with Crippen LogP contribution in [0.25, 0.3) is 10.9 Å². The summed E-state index contributed by atoms with van der Waals surface area (Å²) < 4.78 is 5.43. The molecule has 36 heavy (non-hydrogen) atoms. The molecular weight excluding hydrogens is 448 g/mol. The van der Waals surface area contributed by atoms with Gasteiger partial charge in [-0.1, -0.05) is 36.4 Å². The number of ether oxygens (including phenoxy) is 1. The Kier molecular flexibility index (Phi) is 8.99. The molecule has 2 atom stereocenters. The lowest BCUT2D eigenvalue weighted by molar-refractivity contribution is -0.137. The van der Waals surface area contributed by atoms with Crippen molar-refractivity contribution in [2.75, 3.05) is 20.2 Å². The maximum atomic E-state index is 11.4. The summed E-state index contributed by atoms with van der Waals surface area (Å²) >= 11 is 0. The van der Waals surface area contributed by atoms with E-state index in [2.05, 4.69) is 65.3 Å². The molecule has 0 bridgehead atoms. The zero-order valence-corrected chi connectivity index (χ0v) is 21.5. The summed E-state index contributed by atoms with van der Waals surface area (Å²) in [6, 6.07) is 18.8. The minimum absolute atomic E-state index is 0.244. The summed E-state index contributed by atoms with van der Waals surface area (Å²) in [5, 5.41) is 10.5. The van der Waals surface area contributed by atoms with E-state index in [1.165, 1.54) is 16.8 Å². The van der Waals surface area contributed by atoms with Crippen molar-refractivity contribution in [1.29, 1.82) is 0 Å². The van der Waals surface area contributed by atoms with Crippen molar-refractivity contribution in [1.82, 2.24) is 9.88 Å². The number of rotatable bonds is 11. The molecule has 2 unspecified atom stereocenters. The van der Waals surface area contributed by atoms with Gasteiger partial charge in [0.2, 0.25) is 0 Å². The number of piperidine rings is 1. The van der Waals surface area contributed by atoms with Gasteiger partial charge in [-0.05, 0) is 86.3 Å². The number of aryl methyl sites for hydroxylation is 1. The van der Waals surface area contributed by atoms with Gasteiger partial charge in [0, 0.05) is 43.2 Å². The maximum absolute atomic E-state index is 11.4.